The first-order valence-corrected chi connectivity index (χ1v) is 5.38. The van der Waals surface area contributed by atoms with Crippen LogP contribution in [0, 0.1) is 11.6 Å². The van der Waals surface area contributed by atoms with E-state index in [9.17, 15) is 13.6 Å². The minimum Gasteiger partial charge on any atom is -0.379 e. The van der Waals surface area contributed by atoms with Gasteiger partial charge in [-0.15, -0.1) is 0 Å². The number of halogens is 2. The van der Waals surface area contributed by atoms with E-state index in [0.717, 1.165) is 18.2 Å². The largest absolute Gasteiger partial charge is 0.379 e. The molecule has 0 radical (unpaired) electrons. The van der Waals surface area contributed by atoms with Crippen molar-refractivity contribution in [2.45, 2.75) is 32.3 Å². The van der Waals surface area contributed by atoms with Crippen LogP contribution >= 0.6 is 0 Å². The van der Waals surface area contributed by atoms with Crippen molar-refractivity contribution in [2.24, 2.45) is 0 Å². The molecule has 4 heteroatoms. The second-order valence-electron chi connectivity index (χ2n) is 4.55. The Morgan fingerprint density at radius 3 is 2.24 bits per heavy atom. The molecular formula is C13H16F2O2. The smallest absolute Gasteiger partial charge is 0.163 e. The standard InChI is InChI=1S/C13H16F2O2/c1-13(2,17-3)5-4-12(16)9-6-10(14)8-11(15)7-9/h6-8H,4-5H2,1-3H3. The van der Waals surface area contributed by atoms with E-state index in [1.54, 1.807) is 7.11 Å². The zero-order chi connectivity index (χ0) is 13.1. The van der Waals surface area contributed by atoms with Crippen molar-refractivity contribution in [1.29, 1.82) is 0 Å². The lowest BCUT2D eigenvalue weighted by molar-refractivity contribution is 0.0141. The number of Topliss-reactive ketones (excluding diaryl/α,β-unsaturated/α-hetero) is 1. The van der Waals surface area contributed by atoms with Crippen LogP contribution in [-0.4, -0.2) is 18.5 Å². The molecule has 2 nitrogen and oxygen atoms in total. The molecule has 17 heavy (non-hydrogen) atoms. The molecule has 0 fully saturated rings. The number of rotatable bonds is 5. The molecule has 0 saturated carbocycles. The molecule has 0 N–H and O–H groups in total. The predicted molar refractivity (Wildman–Crippen MR) is 61.0 cm³/mol. The molecule has 94 valence electrons. The molecule has 0 amide bonds. The Balaban J connectivity index is 2.70. The Kier molecular flexibility index (Phi) is 4.34. The summed E-state index contributed by atoms with van der Waals surface area (Å²) in [6.45, 7) is 3.71. The van der Waals surface area contributed by atoms with Gasteiger partial charge in [0.2, 0.25) is 0 Å². The van der Waals surface area contributed by atoms with Crippen LogP contribution in [0.3, 0.4) is 0 Å². The van der Waals surface area contributed by atoms with Crippen molar-refractivity contribution in [3.63, 3.8) is 0 Å². The first kappa shape index (κ1) is 13.8. The highest BCUT2D eigenvalue weighted by atomic mass is 19.1. The number of carbonyl (C=O) groups excluding carboxylic acids is 1. The number of hydrogen-bond donors (Lipinski definition) is 0. The number of methoxy groups -OCH3 is 1. The third-order valence-corrected chi connectivity index (χ3v) is 2.69. The minimum absolute atomic E-state index is 0.0643. The van der Waals surface area contributed by atoms with Gasteiger partial charge in [0.1, 0.15) is 11.6 Å². The van der Waals surface area contributed by atoms with E-state index in [1.807, 2.05) is 13.8 Å². The Labute approximate surface area is 99.6 Å². The van der Waals surface area contributed by atoms with Crippen LogP contribution < -0.4 is 0 Å². The van der Waals surface area contributed by atoms with Crippen molar-refractivity contribution in [3.05, 3.63) is 35.4 Å². The molecular weight excluding hydrogens is 226 g/mol. The molecule has 0 unspecified atom stereocenters. The molecule has 0 bridgehead atoms. The summed E-state index contributed by atoms with van der Waals surface area (Å²) in [5.41, 5.74) is -0.351. The van der Waals surface area contributed by atoms with Gasteiger partial charge in [-0.2, -0.15) is 0 Å². The first-order valence-electron chi connectivity index (χ1n) is 5.38. The highest BCUT2D eigenvalue weighted by molar-refractivity contribution is 5.96. The Hall–Kier alpha value is -1.29. The molecule has 1 rings (SSSR count). The summed E-state index contributed by atoms with van der Waals surface area (Å²) in [4.78, 5) is 11.7. The van der Waals surface area contributed by atoms with Crippen molar-refractivity contribution < 1.29 is 18.3 Å². The van der Waals surface area contributed by atoms with Crippen LogP contribution in [0.5, 0.6) is 0 Å². The summed E-state index contributed by atoms with van der Waals surface area (Å²) in [7, 11) is 1.56. The van der Waals surface area contributed by atoms with Crippen LogP contribution in [0.2, 0.25) is 0 Å². The molecule has 0 aromatic heterocycles. The Morgan fingerprint density at radius 1 is 1.24 bits per heavy atom. The lowest BCUT2D eigenvalue weighted by Crippen LogP contribution is -2.23. The van der Waals surface area contributed by atoms with Crippen molar-refractivity contribution in [3.8, 4) is 0 Å². The molecule has 0 aliphatic heterocycles. The molecule has 1 aromatic rings. The average Bonchev–Trinajstić information content (AvgIpc) is 2.24. The number of hydrogen-bond acceptors (Lipinski definition) is 2. The van der Waals surface area contributed by atoms with Gasteiger partial charge in [-0.1, -0.05) is 0 Å². The van der Waals surface area contributed by atoms with Gasteiger partial charge in [0.25, 0.3) is 0 Å². The fourth-order valence-electron chi connectivity index (χ4n) is 1.38. The number of benzene rings is 1. The van der Waals surface area contributed by atoms with E-state index < -0.39 is 17.2 Å². The second-order valence-corrected chi connectivity index (χ2v) is 4.55. The summed E-state index contributed by atoms with van der Waals surface area (Å²) in [6.07, 6.45) is 0.699. The molecule has 0 aliphatic rings. The van der Waals surface area contributed by atoms with Gasteiger partial charge < -0.3 is 4.74 Å². The van der Waals surface area contributed by atoms with Crippen LogP contribution in [0.1, 0.15) is 37.0 Å². The Morgan fingerprint density at radius 2 is 1.76 bits per heavy atom. The fourth-order valence-corrected chi connectivity index (χ4v) is 1.38. The SMILES string of the molecule is COC(C)(C)CCC(=O)c1cc(F)cc(F)c1. The molecule has 0 aliphatic carbocycles. The number of ketones is 1. The van der Waals surface area contributed by atoms with Gasteiger partial charge in [-0.3, -0.25) is 4.79 Å². The van der Waals surface area contributed by atoms with Crippen molar-refractivity contribution in [1.82, 2.24) is 0 Å². The van der Waals surface area contributed by atoms with Crippen molar-refractivity contribution >= 4 is 5.78 Å². The van der Waals surface area contributed by atoms with E-state index in [1.165, 1.54) is 0 Å². The first-order chi connectivity index (χ1) is 7.84. The zero-order valence-electron chi connectivity index (χ0n) is 10.2. The summed E-state index contributed by atoms with van der Waals surface area (Å²) >= 11 is 0. The quantitative estimate of drug-likeness (QED) is 0.740. The van der Waals surface area contributed by atoms with E-state index in [0.29, 0.717) is 6.42 Å². The zero-order valence-corrected chi connectivity index (χ0v) is 10.2. The maximum Gasteiger partial charge on any atom is 0.163 e. The molecule has 0 saturated heterocycles. The normalized spacial score (nSPS) is 11.6. The minimum atomic E-state index is -0.737. The lowest BCUT2D eigenvalue weighted by Gasteiger charge is -2.22. The third-order valence-electron chi connectivity index (χ3n) is 2.69. The van der Waals surface area contributed by atoms with Gasteiger partial charge in [-0.25, -0.2) is 8.78 Å². The fraction of sp³-hybridized carbons (Fsp3) is 0.462. The number of carbonyl (C=O) groups is 1. The summed E-state index contributed by atoms with van der Waals surface area (Å²) in [6, 6.07) is 2.84. The maximum atomic E-state index is 12.9. The van der Waals surface area contributed by atoms with Crippen LogP contribution in [-0.2, 0) is 4.74 Å². The highest BCUT2D eigenvalue weighted by Crippen LogP contribution is 2.18. The summed E-state index contributed by atoms with van der Waals surface area (Å²) < 4.78 is 31.0. The predicted octanol–water partition coefficient (Wildman–Crippen LogP) is 3.35. The molecule has 0 spiro atoms. The number of ether oxygens (including phenoxy) is 1. The molecule has 0 atom stereocenters. The van der Waals surface area contributed by atoms with Crippen molar-refractivity contribution in [2.75, 3.05) is 7.11 Å². The van der Waals surface area contributed by atoms with E-state index in [4.69, 9.17) is 4.74 Å². The van der Waals surface area contributed by atoms with Gasteiger partial charge >= 0.3 is 0 Å². The van der Waals surface area contributed by atoms with E-state index >= 15 is 0 Å². The van der Waals surface area contributed by atoms with Gasteiger partial charge in [0.15, 0.2) is 5.78 Å². The second kappa shape index (κ2) is 5.36. The average molecular weight is 242 g/mol. The lowest BCUT2D eigenvalue weighted by atomic mass is 9.98. The van der Waals surface area contributed by atoms with Gasteiger partial charge in [-0.05, 0) is 32.4 Å². The van der Waals surface area contributed by atoms with Crippen LogP contribution in [0.25, 0.3) is 0 Å². The highest BCUT2D eigenvalue weighted by Gasteiger charge is 2.19. The topological polar surface area (TPSA) is 26.3 Å². The maximum absolute atomic E-state index is 12.9. The van der Waals surface area contributed by atoms with Gasteiger partial charge in [0, 0.05) is 25.2 Å². The Bertz CT molecular complexity index is 394. The van der Waals surface area contributed by atoms with Crippen LogP contribution in [0.4, 0.5) is 8.78 Å². The summed E-state index contributed by atoms with van der Waals surface area (Å²) in [5.74, 6) is -1.76. The third kappa shape index (κ3) is 4.23. The van der Waals surface area contributed by atoms with E-state index in [-0.39, 0.29) is 17.8 Å². The monoisotopic (exact) mass is 242 g/mol. The van der Waals surface area contributed by atoms with E-state index in [2.05, 4.69) is 0 Å². The summed E-state index contributed by atoms with van der Waals surface area (Å²) in [5, 5.41) is 0. The van der Waals surface area contributed by atoms with Gasteiger partial charge in [0.05, 0.1) is 5.60 Å². The van der Waals surface area contributed by atoms with Crippen LogP contribution in [0.15, 0.2) is 18.2 Å². The molecule has 1 aromatic carbocycles. The molecule has 0 heterocycles.